The van der Waals surface area contributed by atoms with Crippen LogP contribution < -0.4 is 5.32 Å². The van der Waals surface area contributed by atoms with Crippen molar-refractivity contribution < 1.29 is 4.42 Å². The molecule has 0 aliphatic carbocycles. The largest absolute Gasteiger partial charge is 0.469 e. The average molecular weight is 340 g/mol. The van der Waals surface area contributed by atoms with Crippen molar-refractivity contribution in [1.29, 1.82) is 0 Å². The molecule has 0 aliphatic rings. The second-order valence-electron chi connectivity index (χ2n) is 4.94. The Labute approximate surface area is 128 Å². The SMILES string of the molecule is CCNC(Cc1c(Br)c(C)nn1C)c1ccoc1CC. The Kier molecular flexibility index (Phi) is 5.05. The molecule has 1 unspecified atom stereocenters. The molecule has 0 radical (unpaired) electrons. The van der Waals surface area contributed by atoms with Gasteiger partial charge in [0, 0.05) is 31.5 Å². The Morgan fingerprint density at radius 2 is 2.20 bits per heavy atom. The van der Waals surface area contributed by atoms with Gasteiger partial charge in [0.05, 0.1) is 22.1 Å². The van der Waals surface area contributed by atoms with E-state index in [9.17, 15) is 0 Å². The predicted octanol–water partition coefficient (Wildman–Crippen LogP) is 3.54. The third-order valence-corrected chi connectivity index (χ3v) is 4.62. The van der Waals surface area contributed by atoms with E-state index in [-0.39, 0.29) is 6.04 Å². The van der Waals surface area contributed by atoms with Gasteiger partial charge >= 0.3 is 0 Å². The van der Waals surface area contributed by atoms with Crippen LogP contribution in [0.25, 0.3) is 0 Å². The molecule has 110 valence electrons. The van der Waals surface area contributed by atoms with Crippen molar-refractivity contribution in [2.75, 3.05) is 6.54 Å². The highest BCUT2D eigenvalue weighted by atomic mass is 79.9. The molecule has 1 atom stereocenters. The van der Waals surface area contributed by atoms with Crippen molar-refractivity contribution >= 4 is 15.9 Å². The summed E-state index contributed by atoms with van der Waals surface area (Å²) in [6.45, 7) is 7.19. The quantitative estimate of drug-likeness (QED) is 0.875. The van der Waals surface area contributed by atoms with Crippen molar-refractivity contribution in [3.05, 3.63) is 39.5 Å². The number of likely N-dealkylation sites (N-methyl/N-ethyl adjacent to an activating group) is 1. The summed E-state index contributed by atoms with van der Waals surface area (Å²) >= 11 is 3.64. The molecule has 0 bridgehead atoms. The molecule has 0 amide bonds. The molecule has 0 aromatic carbocycles. The normalized spacial score (nSPS) is 12.8. The Hall–Kier alpha value is -1.07. The van der Waals surface area contributed by atoms with E-state index in [1.165, 1.54) is 11.3 Å². The number of rotatable bonds is 6. The predicted molar refractivity (Wildman–Crippen MR) is 83.9 cm³/mol. The number of halogens is 1. The average Bonchev–Trinajstić information content (AvgIpc) is 2.98. The minimum atomic E-state index is 0.250. The first-order valence-electron chi connectivity index (χ1n) is 7.06. The number of furan rings is 1. The molecule has 2 rings (SSSR count). The molecular formula is C15H22BrN3O. The van der Waals surface area contributed by atoms with E-state index in [4.69, 9.17) is 4.42 Å². The maximum atomic E-state index is 5.57. The van der Waals surface area contributed by atoms with Gasteiger partial charge in [-0.3, -0.25) is 4.68 Å². The van der Waals surface area contributed by atoms with Gasteiger partial charge in [0.25, 0.3) is 0 Å². The first-order valence-corrected chi connectivity index (χ1v) is 7.85. The lowest BCUT2D eigenvalue weighted by Gasteiger charge is -2.18. The van der Waals surface area contributed by atoms with Crippen LogP contribution in [0.15, 0.2) is 21.2 Å². The van der Waals surface area contributed by atoms with E-state index in [1.807, 2.05) is 18.7 Å². The molecule has 0 saturated carbocycles. The Balaban J connectivity index is 2.30. The molecule has 2 aromatic heterocycles. The van der Waals surface area contributed by atoms with Gasteiger partial charge in [-0.1, -0.05) is 13.8 Å². The van der Waals surface area contributed by atoms with Crippen LogP contribution in [0.1, 0.15) is 42.6 Å². The maximum Gasteiger partial charge on any atom is 0.108 e. The second kappa shape index (κ2) is 6.59. The minimum absolute atomic E-state index is 0.250. The molecular weight excluding hydrogens is 318 g/mol. The molecule has 2 heterocycles. The van der Waals surface area contributed by atoms with Gasteiger partial charge in [-0.15, -0.1) is 0 Å². The van der Waals surface area contributed by atoms with Crippen molar-refractivity contribution in [2.45, 2.75) is 39.7 Å². The van der Waals surface area contributed by atoms with Crippen LogP contribution in [-0.2, 0) is 19.9 Å². The molecule has 0 aliphatic heterocycles. The molecule has 1 N–H and O–H groups in total. The number of nitrogens with one attached hydrogen (secondary N) is 1. The zero-order valence-corrected chi connectivity index (χ0v) is 14.1. The van der Waals surface area contributed by atoms with Gasteiger partial charge in [-0.05, 0) is 35.5 Å². The topological polar surface area (TPSA) is 43.0 Å². The molecule has 0 fully saturated rings. The van der Waals surface area contributed by atoms with Gasteiger partial charge in [-0.25, -0.2) is 0 Å². The summed E-state index contributed by atoms with van der Waals surface area (Å²) in [6, 6.07) is 2.32. The van der Waals surface area contributed by atoms with Crippen LogP contribution >= 0.6 is 15.9 Å². The highest BCUT2D eigenvalue weighted by Gasteiger charge is 2.20. The summed E-state index contributed by atoms with van der Waals surface area (Å²) in [5.74, 6) is 1.06. The lowest BCUT2D eigenvalue weighted by Crippen LogP contribution is -2.24. The Bertz CT molecular complexity index is 574. The number of hydrogen-bond donors (Lipinski definition) is 1. The van der Waals surface area contributed by atoms with Crippen LogP contribution in [0, 0.1) is 6.92 Å². The molecule has 0 saturated heterocycles. The van der Waals surface area contributed by atoms with E-state index >= 15 is 0 Å². The van der Waals surface area contributed by atoms with Crippen molar-refractivity contribution in [3.8, 4) is 0 Å². The lowest BCUT2D eigenvalue weighted by molar-refractivity contribution is 0.481. The van der Waals surface area contributed by atoms with Gasteiger partial charge < -0.3 is 9.73 Å². The molecule has 5 heteroatoms. The summed E-state index contributed by atoms with van der Waals surface area (Å²) in [7, 11) is 1.99. The van der Waals surface area contributed by atoms with E-state index < -0.39 is 0 Å². The van der Waals surface area contributed by atoms with Crippen molar-refractivity contribution in [2.24, 2.45) is 7.05 Å². The third-order valence-electron chi connectivity index (χ3n) is 3.59. The van der Waals surface area contributed by atoms with Crippen LogP contribution in [0.5, 0.6) is 0 Å². The number of aryl methyl sites for hydroxylation is 3. The summed E-state index contributed by atoms with van der Waals surface area (Å²) in [6.07, 6.45) is 3.58. The number of aromatic nitrogens is 2. The lowest BCUT2D eigenvalue weighted by atomic mass is 10.0. The van der Waals surface area contributed by atoms with Gasteiger partial charge in [0.2, 0.25) is 0 Å². The summed E-state index contributed by atoms with van der Waals surface area (Å²) < 4.78 is 8.63. The fourth-order valence-corrected chi connectivity index (χ4v) is 3.08. The van der Waals surface area contributed by atoms with Gasteiger partial charge in [-0.2, -0.15) is 5.10 Å². The fraction of sp³-hybridized carbons (Fsp3) is 0.533. The molecule has 4 nitrogen and oxygen atoms in total. The highest BCUT2D eigenvalue weighted by molar-refractivity contribution is 9.10. The van der Waals surface area contributed by atoms with Crippen molar-refractivity contribution in [3.63, 3.8) is 0 Å². The highest BCUT2D eigenvalue weighted by Crippen LogP contribution is 2.28. The van der Waals surface area contributed by atoms with E-state index in [0.29, 0.717) is 0 Å². The van der Waals surface area contributed by atoms with Crippen LogP contribution in [0.3, 0.4) is 0 Å². The molecule has 20 heavy (non-hydrogen) atoms. The minimum Gasteiger partial charge on any atom is -0.469 e. The summed E-state index contributed by atoms with van der Waals surface area (Å²) in [5, 5.41) is 8.02. The van der Waals surface area contributed by atoms with Crippen molar-refractivity contribution in [1.82, 2.24) is 15.1 Å². The zero-order valence-electron chi connectivity index (χ0n) is 12.5. The maximum absolute atomic E-state index is 5.57. The molecule has 0 spiro atoms. The zero-order chi connectivity index (χ0) is 14.7. The van der Waals surface area contributed by atoms with Crippen LogP contribution in [0.2, 0.25) is 0 Å². The first-order chi connectivity index (χ1) is 9.58. The first kappa shape index (κ1) is 15.3. The van der Waals surface area contributed by atoms with E-state index in [1.54, 1.807) is 6.26 Å². The fourth-order valence-electron chi connectivity index (χ4n) is 2.58. The second-order valence-corrected chi connectivity index (χ2v) is 5.73. The van der Waals surface area contributed by atoms with Crippen LogP contribution in [-0.4, -0.2) is 16.3 Å². The summed E-state index contributed by atoms with van der Waals surface area (Å²) in [5.41, 5.74) is 3.48. The molecule has 2 aromatic rings. The monoisotopic (exact) mass is 339 g/mol. The standard InChI is InChI=1S/C15H22BrN3O/c1-5-14-11(7-8-20-14)12(17-6-2)9-13-15(16)10(3)18-19(13)4/h7-8,12,17H,5-6,9H2,1-4H3. The smallest absolute Gasteiger partial charge is 0.108 e. The number of hydrogen-bond acceptors (Lipinski definition) is 3. The Morgan fingerprint density at radius 3 is 2.75 bits per heavy atom. The third kappa shape index (κ3) is 2.99. The van der Waals surface area contributed by atoms with Gasteiger partial charge in [0.15, 0.2) is 0 Å². The van der Waals surface area contributed by atoms with Gasteiger partial charge in [0.1, 0.15) is 5.76 Å². The van der Waals surface area contributed by atoms with E-state index in [2.05, 4.69) is 46.3 Å². The Morgan fingerprint density at radius 1 is 1.45 bits per heavy atom. The van der Waals surface area contributed by atoms with E-state index in [0.717, 1.165) is 35.3 Å². The summed E-state index contributed by atoms with van der Waals surface area (Å²) in [4.78, 5) is 0. The number of nitrogens with zero attached hydrogens (tertiary/aromatic N) is 2. The van der Waals surface area contributed by atoms with Crippen LogP contribution in [0.4, 0.5) is 0 Å².